The van der Waals surface area contributed by atoms with Crippen LogP contribution in [0.5, 0.6) is 0 Å². The van der Waals surface area contributed by atoms with Crippen molar-refractivity contribution in [3.05, 3.63) is 29.2 Å². The van der Waals surface area contributed by atoms with Crippen molar-refractivity contribution in [2.75, 3.05) is 6.54 Å². The Morgan fingerprint density at radius 2 is 2.35 bits per heavy atom. The molecule has 0 spiro atoms. The summed E-state index contributed by atoms with van der Waals surface area (Å²) in [6.07, 6.45) is 2.04. The summed E-state index contributed by atoms with van der Waals surface area (Å²) in [7, 11) is 0. The van der Waals surface area contributed by atoms with E-state index in [2.05, 4.69) is 25.7 Å². The summed E-state index contributed by atoms with van der Waals surface area (Å²) >= 11 is 0. The Morgan fingerprint density at radius 3 is 2.94 bits per heavy atom. The van der Waals surface area contributed by atoms with Crippen LogP contribution in [0.2, 0.25) is 0 Å². The van der Waals surface area contributed by atoms with Gasteiger partial charge >= 0.3 is 0 Å². The third kappa shape index (κ3) is 2.68. The van der Waals surface area contributed by atoms with Gasteiger partial charge in [-0.15, -0.1) is 0 Å². The van der Waals surface area contributed by atoms with Crippen molar-refractivity contribution in [2.45, 2.75) is 20.3 Å². The van der Waals surface area contributed by atoms with E-state index in [9.17, 15) is 4.79 Å². The fraction of sp³-hybridized carbons (Fsp3) is 0.400. The second-order valence-corrected chi connectivity index (χ2v) is 3.64. The first-order valence-corrected chi connectivity index (χ1v) is 5.24. The number of aryl methyl sites for hydroxylation is 2. The molecule has 2 N–H and O–H groups in total. The van der Waals surface area contributed by atoms with Crippen molar-refractivity contribution in [2.24, 2.45) is 0 Å². The van der Waals surface area contributed by atoms with E-state index in [4.69, 9.17) is 4.52 Å². The number of hydrogen-bond acceptors (Lipinski definition) is 5. The van der Waals surface area contributed by atoms with Crippen LogP contribution in [0.25, 0.3) is 0 Å². The molecule has 2 heterocycles. The molecule has 7 nitrogen and oxygen atoms in total. The Kier molecular flexibility index (Phi) is 3.17. The quantitative estimate of drug-likeness (QED) is 0.798. The molecule has 1 amide bonds. The maximum atomic E-state index is 11.7. The van der Waals surface area contributed by atoms with E-state index < -0.39 is 0 Å². The van der Waals surface area contributed by atoms with Crippen molar-refractivity contribution in [1.29, 1.82) is 0 Å². The number of hydrogen-bond donors (Lipinski definition) is 2. The number of carbonyl (C=O) groups excluding carboxylic acids is 1. The molecule has 2 aromatic rings. The van der Waals surface area contributed by atoms with Crippen LogP contribution in [0.1, 0.15) is 27.8 Å². The first-order valence-electron chi connectivity index (χ1n) is 5.24. The van der Waals surface area contributed by atoms with Gasteiger partial charge in [-0.25, -0.2) is 0 Å². The number of aromatic amines is 1. The van der Waals surface area contributed by atoms with Gasteiger partial charge in [0.1, 0.15) is 0 Å². The van der Waals surface area contributed by atoms with Crippen molar-refractivity contribution >= 4 is 5.91 Å². The molecule has 0 saturated heterocycles. The van der Waals surface area contributed by atoms with Crippen LogP contribution in [0.15, 0.2) is 10.7 Å². The van der Waals surface area contributed by atoms with Gasteiger partial charge in [0.2, 0.25) is 5.89 Å². The number of nitrogens with zero attached hydrogens (tertiary/aromatic N) is 3. The Labute approximate surface area is 97.6 Å². The van der Waals surface area contributed by atoms with Crippen LogP contribution in [-0.4, -0.2) is 32.8 Å². The van der Waals surface area contributed by atoms with Crippen LogP contribution < -0.4 is 5.32 Å². The lowest BCUT2D eigenvalue weighted by Crippen LogP contribution is -2.26. The molecule has 0 aliphatic rings. The topological polar surface area (TPSA) is 96.7 Å². The van der Waals surface area contributed by atoms with Gasteiger partial charge in [0.25, 0.3) is 5.91 Å². The Balaban J connectivity index is 1.83. The fourth-order valence-corrected chi connectivity index (χ4v) is 1.41. The van der Waals surface area contributed by atoms with Gasteiger partial charge in [0, 0.05) is 25.6 Å². The number of carbonyl (C=O) groups is 1. The van der Waals surface area contributed by atoms with Gasteiger partial charge in [-0.3, -0.25) is 9.89 Å². The second-order valence-electron chi connectivity index (χ2n) is 3.64. The van der Waals surface area contributed by atoms with Gasteiger partial charge in [0.15, 0.2) is 5.82 Å². The average molecular weight is 235 g/mol. The molecule has 0 aliphatic carbocycles. The first-order chi connectivity index (χ1) is 8.16. The molecule has 7 heteroatoms. The molecule has 0 bridgehead atoms. The second kappa shape index (κ2) is 4.77. The smallest absolute Gasteiger partial charge is 0.254 e. The number of H-pyrrole nitrogens is 1. The van der Waals surface area contributed by atoms with Gasteiger partial charge in [-0.2, -0.15) is 10.1 Å². The zero-order valence-corrected chi connectivity index (χ0v) is 9.65. The van der Waals surface area contributed by atoms with Crippen molar-refractivity contribution in [3.63, 3.8) is 0 Å². The largest absolute Gasteiger partial charge is 0.351 e. The van der Waals surface area contributed by atoms with Crippen LogP contribution in [0, 0.1) is 13.8 Å². The average Bonchev–Trinajstić information content (AvgIpc) is 2.87. The highest BCUT2D eigenvalue weighted by atomic mass is 16.5. The Morgan fingerprint density at radius 1 is 1.53 bits per heavy atom. The van der Waals surface area contributed by atoms with Crippen LogP contribution >= 0.6 is 0 Å². The van der Waals surface area contributed by atoms with Gasteiger partial charge in [0.05, 0.1) is 11.8 Å². The minimum Gasteiger partial charge on any atom is -0.351 e. The van der Waals surface area contributed by atoms with E-state index in [1.807, 2.05) is 0 Å². The minimum atomic E-state index is -0.156. The van der Waals surface area contributed by atoms with Crippen LogP contribution in [0.3, 0.4) is 0 Å². The van der Waals surface area contributed by atoms with Crippen molar-refractivity contribution in [3.8, 4) is 0 Å². The Bertz CT molecular complexity index is 516. The van der Waals surface area contributed by atoms with E-state index >= 15 is 0 Å². The third-order valence-electron chi connectivity index (χ3n) is 2.28. The highest BCUT2D eigenvalue weighted by Gasteiger charge is 2.10. The van der Waals surface area contributed by atoms with E-state index in [0.29, 0.717) is 30.2 Å². The third-order valence-corrected chi connectivity index (χ3v) is 2.28. The lowest BCUT2D eigenvalue weighted by molar-refractivity contribution is 0.0953. The standard InChI is InChI=1S/C10H13N5O2/c1-6-8(5-12-14-6)10(16)11-4-3-9-13-7(2)17-15-9/h5H,3-4H2,1-2H3,(H,11,16)(H,12,14). The molecular weight excluding hydrogens is 222 g/mol. The Hall–Kier alpha value is -2.18. The fourth-order valence-electron chi connectivity index (χ4n) is 1.41. The van der Waals surface area contributed by atoms with Crippen molar-refractivity contribution in [1.82, 2.24) is 25.7 Å². The molecule has 2 rings (SSSR count). The molecule has 2 aromatic heterocycles. The molecule has 0 aliphatic heterocycles. The maximum absolute atomic E-state index is 11.7. The summed E-state index contributed by atoms with van der Waals surface area (Å²) in [5.74, 6) is 0.959. The summed E-state index contributed by atoms with van der Waals surface area (Å²) < 4.78 is 4.82. The predicted octanol–water partition coefficient (Wildman–Crippen LogP) is 0.382. The van der Waals surface area contributed by atoms with Gasteiger partial charge < -0.3 is 9.84 Å². The van der Waals surface area contributed by atoms with Gasteiger partial charge in [-0.1, -0.05) is 5.16 Å². The maximum Gasteiger partial charge on any atom is 0.254 e. The summed E-state index contributed by atoms with van der Waals surface area (Å²) in [6, 6.07) is 0. The number of nitrogens with one attached hydrogen (secondary N) is 2. The minimum absolute atomic E-state index is 0.156. The summed E-state index contributed by atoms with van der Waals surface area (Å²) in [6.45, 7) is 3.98. The summed E-state index contributed by atoms with van der Waals surface area (Å²) in [4.78, 5) is 15.7. The SMILES string of the molecule is Cc1nc(CCNC(=O)c2cn[nH]c2C)no1. The molecule has 0 atom stereocenters. The normalized spacial score (nSPS) is 10.5. The lowest BCUT2D eigenvalue weighted by Gasteiger charge is -2.01. The highest BCUT2D eigenvalue weighted by Crippen LogP contribution is 2.01. The van der Waals surface area contributed by atoms with Crippen LogP contribution in [0.4, 0.5) is 0 Å². The number of amides is 1. The monoisotopic (exact) mass is 235 g/mol. The molecule has 0 fully saturated rings. The zero-order valence-electron chi connectivity index (χ0n) is 9.65. The molecule has 90 valence electrons. The van der Waals surface area contributed by atoms with Gasteiger partial charge in [-0.05, 0) is 6.92 Å². The first kappa shape index (κ1) is 11.3. The number of rotatable bonds is 4. The predicted molar refractivity (Wildman–Crippen MR) is 58.4 cm³/mol. The molecular formula is C10H13N5O2. The summed E-state index contributed by atoms with van der Waals surface area (Å²) in [5.41, 5.74) is 1.30. The molecule has 0 radical (unpaired) electrons. The van der Waals surface area contributed by atoms with Crippen molar-refractivity contribution < 1.29 is 9.32 Å². The summed E-state index contributed by atoms with van der Waals surface area (Å²) in [5, 5.41) is 13.0. The zero-order chi connectivity index (χ0) is 12.3. The van der Waals surface area contributed by atoms with Crippen LogP contribution in [-0.2, 0) is 6.42 Å². The van der Waals surface area contributed by atoms with E-state index in [1.165, 1.54) is 6.20 Å². The molecule has 0 aromatic carbocycles. The molecule has 0 unspecified atom stereocenters. The lowest BCUT2D eigenvalue weighted by atomic mass is 10.2. The van der Waals surface area contributed by atoms with E-state index in [1.54, 1.807) is 13.8 Å². The van der Waals surface area contributed by atoms with E-state index in [-0.39, 0.29) is 5.91 Å². The molecule has 17 heavy (non-hydrogen) atoms. The number of aromatic nitrogens is 4. The van der Waals surface area contributed by atoms with E-state index in [0.717, 1.165) is 5.69 Å². The highest BCUT2D eigenvalue weighted by molar-refractivity contribution is 5.94. The molecule has 0 saturated carbocycles.